The molecule has 70 valence electrons. The third-order valence-corrected chi connectivity index (χ3v) is 1.06. The maximum atomic E-state index is 10.2. The minimum atomic E-state index is -0.729. The molecule has 1 rings (SSSR count). The average molecular weight is 184 g/mol. The molecule has 8 heteroatoms. The van der Waals surface area contributed by atoms with Gasteiger partial charge in [0, 0.05) is 5.71 Å². The van der Waals surface area contributed by atoms with Crippen LogP contribution >= 0.6 is 0 Å². The second-order valence-electron chi connectivity index (χ2n) is 2.46. The lowest BCUT2D eigenvalue weighted by Crippen LogP contribution is -2.01. The summed E-state index contributed by atoms with van der Waals surface area (Å²) < 4.78 is 0. The van der Waals surface area contributed by atoms with Gasteiger partial charge >= 0.3 is 11.9 Å². The Kier molecular flexibility index (Phi) is 2.22. The van der Waals surface area contributed by atoms with Crippen molar-refractivity contribution in [3.63, 3.8) is 0 Å². The first-order chi connectivity index (χ1) is 6.00. The summed E-state index contributed by atoms with van der Waals surface area (Å²) in [6, 6.07) is 0. The lowest BCUT2D eigenvalue weighted by Gasteiger charge is -1.87. The minimum absolute atomic E-state index is 0.104. The number of nitrogens with two attached hydrogens (primary N) is 1. The highest BCUT2D eigenvalue weighted by atomic mass is 16.6. The van der Waals surface area contributed by atoms with E-state index in [-0.39, 0.29) is 5.95 Å². The molecule has 1 heterocycles. The number of nitrogens with zero attached hydrogens (tertiary/aromatic N) is 5. The van der Waals surface area contributed by atoms with Crippen molar-refractivity contribution in [3.05, 3.63) is 10.1 Å². The van der Waals surface area contributed by atoms with Gasteiger partial charge in [0.25, 0.3) is 0 Å². The average Bonchev–Trinajstić information content (AvgIpc) is 2.31. The monoisotopic (exact) mass is 184 g/mol. The number of nitrogen functional groups attached to an aromatic ring is 1. The molecule has 0 saturated carbocycles. The summed E-state index contributed by atoms with van der Waals surface area (Å²) in [7, 11) is 0. The van der Waals surface area contributed by atoms with Crippen LogP contribution in [0.3, 0.4) is 0 Å². The van der Waals surface area contributed by atoms with Gasteiger partial charge in [-0.05, 0) is 28.5 Å². The number of aromatic nitrogens is 3. The summed E-state index contributed by atoms with van der Waals surface area (Å²) in [5.74, 6) is -0.657. The highest BCUT2D eigenvalue weighted by Gasteiger charge is 2.18. The van der Waals surface area contributed by atoms with Crippen LogP contribution < -0.4 is 5.73 Å². The van der Waals surface area contributed by atoms with Crippen LogP contribution in [-0.2, 0) is 0 Å². The molecular formula is C5H8N6O2. The van der Waals surface area contributed by atoms with Crippen LogP contribution in [0.4, 0.5) is 11.9 Å². The minimum Gasteiger partial charge on any atom is -0.390 e. The second kappa shape index (κ2) is 3.17. The first kappa shape index (κ1) is 9.10. The van der Waals surface area contributed by atoms with Gasteiger partial charge in [-0.3, -0.25) is 0 Å². The fraction of sp³-hybridized carbons (Fsp3) is 0.400. The summed E-state index contributed by atoms with van der Waals surface area (Å²) in [6.45, 7) is 3.43. The van der Waals surface area contributed by atoms with Gasteiger partial charge < -0.3 is 15.8 Å². The van der Waals surface area contributed by atoms with E-state index in [1.165, 1.54) is 0 Å². The quantitative estimate of drug-likeness (QED) is 0.395. The molecule has 1 aromatic heterocycles. The van der Waals surface area contributed by atoms with Crippen LogP contribution in [0.5, 0.6) is 0 Å². The highest BCUT2D eigenvalue weighted by Crippen LogP contribution is 2.06. The van der Waals surface area contributed by atoms with Crippen molar-refractivity contribution in [2.75, 3.05) is 5.73 Å². The Morgan fingerprint density at radius 1 is 1.69 bits per heavy atom. The standard InChI is InChI=1S/C5H8N6O2/c1-3(2)8-10-4(6)7-5(9-10)11(12)13/h1-2H3,(H2,6,7,9). The van der Waals surface area contributed by atoms with E-state index in [0.29, 0.717) is 5.71 Å². The van der Waals surface area contributed by atoms with Crippen molar-refractivity contribution in [3.8, 4) is 0 Å². The van der Waals surface area contributed by atoms with Crippen molar-refractivity contribution in [2.24, 2.45) is 5.10 Å². The van der Waals surface area contributed by atoms with Crippen LogP contribution in [0.1, 0.15) is 13.8 Å². The first-order valence-electron chi connectivity index (χ1n) is 3.40. The Labute approximate surface area is 73.2 Å². The molecular weight excluding hydrogens is 176 g/mol. The van der Waals surface area contributed by atoms with Gasteiger partial charge in [0.1, 0.15) is 0 Å². The lowest BCUT2D eigenvalue weighted by molar-refractivity contribution is -0.394. The predicted octanol–water partition coefficient (Wildman–Crippen LogP) is 0.0124. The Bertz CT molecular complexity index is 363. The molecule has 2 N–H and O–H groups in total. The Balaban J connectivity index is 3.10. The molecule has 0 aliphatic heterocycles. The Hall–Kier alpha value is -1.99. The molecule has 0 atom stereocenters. The van der Waals surface area contributed by atoms with E-state index in [4.69, 9.17) is 5.73 Å². The predicted molar refractivity (Wildman–Crippen MR) is 45.3 cm³/mol. The molecule has 0 saturated heterocycles. The first-order valence-corrected chi connectivity index (χ1v) is 3.40. The second-order valence-corrected chi connectivity index (χ2v) is 2.46. The third-order valence-electron chi connectivity index (χ3n) is 1.06. The van der Waals surface area contributed by atoms with Gasteiger partial charge in [0.2, 0.25) is 0 Å². The molecule has 0 unspecified atom stereocenters. The van der Waals surface area contributed by atoms with E-state index >= 15 is 0 Å². The fourth-order valence-corrected chi connectivity index (χ4v) is 0.646. The summed E-state index contributed by atoms with van der Waals surface area (Å²) in [5.41, 5.74) is 5.98. The zero-order chi connectivity index (χ0) is 10.0. The maximum Gasteiger partial charge on any atom is 0.494 e. The van der Waals surface area contributed by atoms with Crippen molar-refractivity contribution < 1.29 is 4.92 Å². The SMILES string of the molecule is CC(C)=Nn1nc([N+](=O)[O-])nc1N. The summed E-state index contributed by atoms with van der Waals surface area (Å²) in [6.07, 6.45) is 0. The highest BCUT2D eigenvalue weighted by molar-refractivity contribution is 5.78. The van der Waals surface area contributed by atoms with Gasteiger partial charge in [-0.1, -0.05) is 0 Å². The van der Waals surface area contributed by atoms with Crippen molar-refractivity contribution in [1.29, 1.82) is 0 Å². The van der Waals surface area contributed by atoms with Gasteiger partial charge in [-0.25, -0.2) is 0 Å². The van der Waals surface area contributed by atoms with Gasteiger partial charge in [-0.2, -0.15) is 0 Å². The Morgan fingerprint density at radius 2 is 2.31 bits per heavy atom. The van der Waals surface area contributed by atoms with E-state index in [1.807, 2.05) is 0 Å². The largest absolute Gasteiger partial charge is 0.494 e. The third kappa shape index (κ3) is 1.98. The van der Waals surface area contributed by atoms with E-state index in [0.717, 1.165) is 4.79 Å². The smallest absolute Gasteiger partial charge is 0.390 e. The number of anilines is 1. The number of nitro groups is 1. The summed E-state index contributed by atoms with van der Waals surface area (Å²) >= 11 is 0. The fourth-order valence-electron chi connectivity index (χ4n) is 0.646. The number of hydrogen-bond donors (Lipinski definition) is 1. The van der Waals surface area contributed by atoms with Crippen LogP contribution in [0.15, 0.2) is 5.10 Å². The summed E-state index contributed by atoms with van der Waals surface area (Å²) in [5, 5.41) is 17.5. The van der Waals surface area contributed by atoms with Gasteiger partial charge in [0.15, 0.2) is 0 Å². The molecule has 0 aliphatic rings. The molecule has 0 spiro atoms. The van der Waals surface area contributed by atoms with E-state index in [9.17, 15) is 10.1 Å². The molecule has 1 aromatic rings. The molecule has 8 nitrogen and oxygen atoms in total. The number of rotatable bonds is 2. The van der Waals surface area contributed by atoms with Gasteiger partial charge in [0.05, 0.1) is 5.10 Å². The van der Waals surface area contributed by atoms with Crippen molar-refractivity contribution in [1.82, 2.24) is 14.9 Å². The molecule has 0 aliphatic carbocycles. The molecule has 0 aromatic carbocycles. The van der Waals surface area contributed by atoms with Crippen LogP contribution in [-0.4, -0.2) is 25.5 Å². The normalized spacial score (nSPS) is 9.69. The molecule has 0 bridgehead atoms. The number of hydrogen-bond acceptors (Lipinski definition) is 6. The molecule has 0 radical (unpaired) electrons. The summed E-state index contributed by atoms with van der Waals surface area (Å²) in [4.78, 5) is 13.8. The van der Waals surface area contributed by atoms with Crippen molar-refractivity contribution in [2.45, 2.75) is 13.8 Å². The van der Waals surface area contributed by atoms with E-state index < -0.39 is 10.9 Å². The maximum absolute atomic E-state index is 10.2. The van der Waals surface area contributed by atoms with E-state index in [2.05, 4.69) is 15.2 Å². The van der Waals surface area contributed by atoms with Crippen molar-refractivity contribution >= 4 is 17.6 Å². The van der Waals surface area contributed by atoms with Crippen LogP contribution in [0.2, 0.25) is 0 Å². The lowest BCUT2D eigenvalue weighted by atomic mass is 10.5. The van der Waals surface area contributed by atoms with Crippen LogP contribution in [0.25, 0.3) is 0 Å². The van der Waals surface area contributed by atoms with E-state index in [1.54, 1.807) is 13.8 Å². The molecule has 13 heavy (non-hydrogen) atoms. The molecule has 0 amide bonds. The zero-order valence-corrected chi connectivity index (χ0v) is 7.13. The topological polar surface area (TPSA) is 112 Å². The Morgan fingerprint density at radius 3 is 2.69 bits per heavy atom. The zero-order valence-electron chi connectivity index (χ0n) is 7.13. The van der Waals surface area contributed by atoms with Gasteiger partial charge in [-0.15, -0.1) is 5.10 Å². The molecule has 0 fully saturated rings. The van der Waals surface area contributed by atoms with Crippen LogP contribution in [0, 0.1) is 10.1 Å².